The van der Waals surface area contributed by atoms with Gasteiger partial charge in [-0.25, -0.2) is 4.79 Å². The number of carboxylic acids is 1. The summed E-state index contributed by atoms with van der Waals surface area (Å²) in [5.74, 6) is -1.76. The van der Waals surface area contributed by atoms with Crippen molar-refractivity contribution in [2.24, 2.45) is 0 Å². The Morgan fingerprint density at radius 3 is 2.75 bits per heavy atom. The number of aromatic nitrogens is 3. The normalized spacial score (nSPS) is 9.00. The first-order valence-electron chi connectivity index (χ1n) is 1.69. The standard InChI is InChI=1S/C2HN3O3/c6-2(7)1-3-4-5-8-1/h(H,6,7). The molecular formula is C2HN3O3. The molecule has 1 rings (SSSR count). The molecule has 0 radical (unpaired) electrons. The molecule has 1 aromatic heterocycles. The maximum Gasteiger partial charge on any atom is 0.396 e. The summed E-state index contributed by atoms with van der Waals surface area (Å²) in [6.45, 7) is 0. The Labute approximate surface area is 43.1 Å². The fourth-order valence-electron chi connectivity index (χ4n) is 0.216. The summed E-state index contributed by atoms with van der Waals surface area (Å²) < 4.78 is 4.02. The highest BCUT2D eigenvalue weighted by molar-refractivity contribution is 5.81. The molecule has 6 nitrogen and oxygen atoms in total. The number of nitrogens with zero attached hydrogens (tertiary/aromatic N) is 3. The van der Waals surface area contributed by atoms with Crippen molar-refractivity contribution in [3.8, 4) is 0 Å². The van der Waals surface area contributed by atoms with Crippen LogP contribution < -0.4 is 0 Å². The maximum absolute atomic E-state index is 9.83. The Hall–Kier alpha value is -1.46. The lowest BCUT2D eigenvalue weighted by Crippen LogP contribution is -1.95. The van der Waals surface area contributed by atoms with Crippen LogP contribution in [0.2, 0.25) is 0 Å². The summed E-state index contributed by atoms with van der Waals surface area (Å²) in [6, 6.07) is 0. The largest absolute Gasteiger partial charge is 0.474 e. The van der Waals surface area contributed by atoms with Gasteiger partial charge in [-0.2, -0.15) is 0 Å². The van der Waals surface area contributed by atoms with Gasteiger partial charge < -0.3 is 9.63 Å². The van der Waals surface area contributed by atoms with E-state index >= 15 is 0 Å². The number of carbonyl (C=O) groups is 1. The lowest BCUT2D eigenvalue weighted by molar-refractivity contribution is 0.0643. The molecule has 1 aromatic rings. The highest BCUT2D eigenvalue weighted by Crippen LogP contribution is 1.84. The zero-order valence-electron chi connectivity index (χ0n) is 3.61. The van der Waals surface area contributed by atoms with Gasteiger partial charge in [0.25, 0.3) is 0 Å². The zero-order chi connectivity index (χ0) is 5.98. The molecule has 0 atom stereocenters. The van der Waals surface area contributed by atoms with Crippen molar-refractivity contribution in [3.63, 3.8) is 0 Å². The third kappa shape index (κ3) is 0.625. The van der Waals surface area contributed by atoms with Gasteiger partial charge in [0.1, 0.15) is 0 Å². The van der Waals surface area contributed by atoms with Crippen LogP contribution in [-0.4, -0.2) is 26.7 Å². The van der Waals surface area contributed by atoms with Crippen molar-refractivity contribution in [3.05, 3.63) is 5.89 Å². The van der Waals surface area contributed by atoms with E-state index in [0.29, 0.717) is 0 Å². The van der Waals surface area contributed by atoms with Gasteiger partial charge in [-0.05, 0) is 5.21 Å². The smallest absolute Gasteiger partial charge is 0.396 e. The summed E-state index contributed by atoms with van der Waals surface area (Å²) in [4.78, 5) is 9.83. The summed E-state index contributed by atoms with van der Waals surface area (Å²) in [5, 5.41) is 16.7. The van der Waals surface area contributed by atoms with Crippen molar-refractivity contribution in [2.75, 3.05) is 0 Å². The minimum Gasteiger partial charge on any atom is -0.474 e. The summed E-state index contributed by atoms with van der Waals surface area (Å²) in [7, 11) is 0. The number of rotatable bonds is 1. The van der Waals surface area contributed by atoms with Crippen LogP contribution in [0.15, 0.2) is 4.52 Å². The molecule has 0 saturated heterocycles. The molecule has 42 valence electrons. The molecule has 8 heavy (non-hydrogen) atoms. The van der Waals surface area contributed by atoms with Gasteiger partial charge >= 0.3 is 11.9 Å². The Balaban J connectivity index is 2.93. The van der Waals surface area contributed by atoms with Crippen LogP contribution in [0.4, 0.5) is 0 Å². The number of aromatic carboxylic acids is 1. The molecule has 0 bridgehead atoms. The fourth-order valence-corrected chi connectivity index (χ4v) is 0.216. The van der Waals surface area contributed by atoms with Crippen LogP contribution in [0.25, 0.3) is 0 Å². The van der Waals surface area contributed by atoms with E-state index < -0.39 is 11.9 Å². The minimum atomic E-state index is -1.27. The van der Waals surface area contributed by atoms with Gasteiger partial charge in [0.2, 0.25) is 0 Å². The Morgan fingerprint density at radius 1 is 1.75 bits per heavy atom. The number of hydrogen-bond donors (Lipinski definition) is 1. The zero-order valence-corrected chi connectivity index (χ0v) is 3.61. The molecule has 0 unspecified atom stereocenters. The molecule has 0 aliphatic heterocycles. The molecule has 0 aliphatic carbocycles. The molecule has 0 aliphatic rings. The van der Waals surface area contributed by atoms with E-state index in [0.717, 1.165) is 0 Å². The van der Waals surface area contributed by atoms with Gasteiger partial charge in [-0.1, -0.05) is 5.10 Å². The summed E-state index contributed by atoms with van der Waals surface area (Å²) >= 11 is 0. The molecule has 0 fully saturated rings. The van der Waals surface area contributed by atoms with E-state index in [2.05, 4.69) is 20.1 Å². The third-order valence-corrected chi connectivity index (χ3v) is 0.482. The van der Waals surface area contributed by atoms with Gasteiger partial charge in [0.15, 0.2) is 0 Å². The Kier molecular flexibility index (Phi) is 0.918. The molecule has 0 amide bonds. The first-order valence-corrected chi connectivity index (χ1v) is 1.69. The fraction of sp³-hybridized carbons (Fsp3) is 0. The van der Waals surface area contributed by atoms with Crippen LogP contribution in [0.5, 0.6) is 0 Å². The predicted octanol–water partition coefficient (Wildman–Crippen LogP) is -0.837. The number of hydrogen-bond acceptors (Lipinski definition) is 5. The predicted molar refractivity (Wildman–Crippen MR) is 19.1 cm³/mol. The highest BCUT2D eigenvalue weighted by atomic mass is 16.5. The van der Waals surface area contributed by atoms with E-state index in [1.54, 1.807) is 0 Å². The van der Waals surface area contributed by atoms with E-state index in [4.69, 9.17) is 5.11 Å². The van der Waals surface area contributed by atoms with E-state index in [1.807, 2.05) is 0 Å². The molecule has 6 heteroatoms. The lowest BCUT2D eigenvalue weighted by Gasteiger charge is -1.72. The van der Waals surface area contributed by atoms with Crippen LogP contribution >= 0.6 is 0 Å². The summed E-state index contributed by atoms with van der Waals surface area (Å²) in [6.07, 6.45) is 0. The second kappa shape index (κ2) is 1.57. The van der Waals surface area contributed by atoms with Crippen LogP contribution in [0.1, 0.15) is 10.7 Å². The van der Waals surface area contributed by atoms with Gasteiger partial charge in [0.05, 0.1) is 5.27 Å². The van der Waals surface area contributed by atoms with E-state index in [-0.39, 0.29) is 0 Å². The summed E-state index contributed by atoms with van der Waals surface area (Å²) in [5.41, 5.74) is 0. The van der Waals surface area contributed by atoms with Crippen LogP contribution in [0.3, 0.4) is 0 Å². The quantitative estimate of drug-likeness (QED) is 0.513. The van der Waals surface area contributed by atoms with Crippen molar-refractivity contribution in [2.45, 2.75) is 0 Å². The van der Waals surface area contributed by atoms with Crippen molar-refractivity contribution in [1.82, 2.24) is 15.6 Å². The lowest BCUT2D eigenvalue weighted by atomic mass is 10.7. The Bertz CT molecular complexity index is 180. The molecule has 1 heterocycles. The highest BCUT2D eigenvalue weighted by Gasteiger charge is 2.07. The molecule has 0 saturated carbocycles. The molecule has 1 N–H and O–H groups in total. The van der Waals surface area contributed by atoms with Gasteiger partial charge in [-0.3, -0.25) is 0 Å². The van der Waals surface area contributed by atoms with Crippen molar-refractivity contribution < 1.29 is 14.4 Å². The molecule has 0 spiro atoms. The van der Waals surface area contributed by atoms with E-state index in [1.165, 1.54) is 0 Å². The first-order chi connectivity index (χ1) is 3.80. The van der Waals surface area contributed by atoms with Crippen LogP contribution in [0, 0.1) is 0 Å². The molecular weight excluding hydrogens is 114 g/mol. The minimum absolute atomic E-state index is 0.495. The maximum atomic E-state index is 9.83. The monoisotopic (exact) mass is 115 g/mol. The average Bonchev–Trinajstić information content (AvgIpc) is 2.12. The second-order valence-corrected chi connectivity index (χ2v) is 0.973. The van der Waals surface area contributed by atoms with Crippen molar-refractivity contribution in [1.29, 1.82) is 0 Å². The molecule has 0 aromatic carbocycles. The topological polar surface area (TPSA) is 89.1 Å². The average molecular weight is 115 g/mol. The van der Waals surface area contributed by atoms with Gasteiger partial charge in [-0.15, -0.1) is 0 Å². The Morgan fingerprint density at radius 2 is 2.50 bits per heavy atom. The van der Waals surface area contributed by atoms with Crippen molar-refractivity contribution >= 4 is 5.97 Å². The van der Waals surface area contributed by atoms with Crippen LogP contribution in [-0.2, 0) is 0 Å². The number of carboxylic acid groups (broad SMARTS) is 1. The SMILES string of the molecule is O=C(O)c1nnno1. The third-order valence-electron chi connectivity index (χ3n) is 0.482. The van der Waals surface area contributed by atoms with E-state index in [9.17, 15) is 4.79 Å². The van der Waals surface area contributed by atoms with Gasteiger partial charge in [0, 0.05) is 0 Å². The first kappa shape index (κ1) is 4.69. The second-order valence-electron chi connectivity index (χ2n) is 0.973.